The Hall–Kier alpha value is -2.70. The molecule has 1 saturated heterocycles. The van der Waals surface area contributed by atoms with Crippen molar-refractivity contribution >= 4 is 46.8 Å². The Morgan fingerprint density at radius 2 is 1.77 bits per heavy atom. The second-order valence-electron chi connectivity index (χ2n) is 7.16. The molecule has 1 fully saturated rings. The Morgan fingerprint density at radius 3 is 2.53 bits per heavy atom. The Labute approximate surface area is 184 Å². The molecule has 2 aliphatic heterocycles. The maximum absolute atomic E-state index is 12.6. The summed E-state index contributed by atoms with van der Waals surface area (Å²) < 4.78 is 10.6. The van der Waals surface area contributed by atoms with Crippen LogP contribution in [0.4, 0.5) is 5.69 Å². The lowest BCUT2D eigenvalue weighted by molar-refractivity contribution is -0.130. The zero-order valence-electron chi connectivity index (χ0n) is 16.1. The summed E-state index contributed by atoms with van der Waals surface area (Å²) in [6.45, 7) is 1.26. The van der Waals surface area contributed by atoms with Crippen LogP contribution in [0.5, 0.6) is 11.5 Å². The smallest absolute Gasteiger partial charge is 0.246 e. The SMILES string of the molecule is O=C(Nc1ccc2c(c1)OCO2)C1CCN(C(=O)C=Cc2ccc(Cl)c(Cl)c2)CC1. The van der Waals surface area contributed by atoms with Gasteiger partial charge in [0.1, 0.15) is 0 Å². The third-order valence-corrected chi connectivity index (χ3v) is 5.92. The van der Waals surface area contributed by atoms with Crippen molar-refractivity contribution in [1.82, 2.24) is 4.90 Å². The summed E-state index contributed by atoms with van der Waals surface area (Å²) in [6.07, 6.45) is 4.46. The molecular weight excluding hydrogens is 427 g/mol. The standard InChI is InChI=1S/C22H20Cl2N2O4/c23-17-4-1-14(11-18(17)24)2-6-21(27)26-9-7-15(8-10-26)22(28)25-16-3-5-19-20(12-16)30-13-29-19/h1-6,11-12,15H,7-10,13H2,(H,25,28). The number of nitrogens with one attached hydrogen (secondary N) is 1. The van der Waals surface area contributed by atoms with Crippen molar-refractivity contribution < 1.29 is 19.1 Å². The summed E-state index contributed by atoms with van der Waals surface area (Å²) in [5.74, 6) is 1.03. The molecule has 4 rings (SSSR count). The number of carbonyl (C=O) groups excluding carboxylic acids is 2. The molecule has 2 aromatic rings. The topological polar surface area (TPSA) is 67.9 Å². The molecule has 0 spiro atoms. The molecule has 2 amide bonds. The second-order valence-corrected chi connectivity index (χ2v) is 7.98. The molecule has 0 unspecified atom stereocenters. The van der Waals surface area contributed by atoms with Crippen LogP contribution in [0.2, 0.25) is 10.0 Å². The number of carbonyl (C=O) groups is 2. The first kappa shape index (κ1) is 20.6. The van der Waals surface area contributed by atoms with Gasteiger partial charge in [-0.1, -0.05) is 29.3 Å². The van der Waals surface area contributed by atoms with Crippen LogP contribution >= 0.6 is 23.2 Å². The average molecular weight is 447 g/mol. The summed E-state index contributed by atoms with van der Waals surface area (Å²) >= 11 is 11.9. The molecule has 0 saturated carbocycles. The predicted octanol–water partition coefficient (Wildman–Crippen LogP) is 4.61. The van der Waals surface area contributed by atoms with Gasteiger partial charge < -0.3 is 19.7 Å². The van der Waals surface area contributed by atoms with E-state index in [0.717, 1.165) is 5.56 Å². The van der Waals surface area contributed by atoms with E-state index in [9.17, 15) is 9.59 Å². The lowest BCUT2D eigenvalue weighted by Gasteiger charge is -2.30. The Bertz CT molecular complexity index is 1000. The Morgan fingerprint density at radius 1 is 1.00 bits per heavy atom. The number of hydrogen-bond acceptors (Lipinski definition) is 4. The van der Waals surface area contributed by atoms with Crippen molar-refractivity contribution in [3.8, 4) is 11.5 Å². The quantitative estimate of drug-likeness (QED) is 0.696. The summed E-state index contributed by atoms with van der Waals surface area (Å²) in [5.41, 5.74) is 1.48. The van der Waals surface area contributed by atoms with Crippen LogP contribution in [0.3, 0.4) is 0 Å². The van der Waals surface area contributed by atoms with Gasteiger partial charge in [0, 0.05) is 36.8 Å². The van der Waals surface area contributed by atoms with Gasteiger partial charge in [0.2, 0.25) is 18.6 Å². The minimum absolute atomic E-state index is 0.0488. The van der Waals surface area contributed by atoms with E-state index in [2.05, 4.69) is 5.32 Å². The van der Waals surface area contributed by atoms with E-state index < -0.39 is 0 Å². The van der Waals surface area contributed by atoms with Gasteiger partial charge >= 0.3 is 0 Å². The Kier molecular flexibility index (Phi) is 6.16. The zero-order chi connectivity index (χ0) is 21.1. The fourth-order valence-corrected chi connectivity index (χ4v) is 3.78. The highest BCUT2D eigenvalue weighted by Gasteiger charge is 2.27. The third-order valence-electron chi connectivity index (χ3n) is 5.18. The van der Waals surface area contributed by atoms with E-state index in [1.54, 1.807) is 47.4 Å². The molecule has 8 heteroatoms. The van der Waals surface area contributed by atoms with Crippen LogP contribution in [0.1, 0.15) is 18.4 Å². The first-order valence-electron chi connectivity index (χ1n) is 9.62. The van der Waals surface area contributed by atoms with Crippen LogP contribution in [0.25, 0.3) is 6.08 Å². The second kappa shape index (κ2) is 8.98. The highest BCUT2D eigenvalue weighted by Crippen LogP contribution is 2.34. The van der Waals surface area contributed by atoms with Gasteiger partial charge in [-0.25, -0.2) is 0 Å². The van der Waals surface area contributed by atoms with E-state index >= 15 is 0 Å². The molecule has 1 N–H and O–H groups in total. The van der Waals surface area contributed by atoms with Crippen LogP contribution in [-0.4, -0.2) is 36.6 Å². The van der Waals surface area contributed by atoms with Crippen LogP contribution < -0.4 is 14.8 Å². The van der Waals surface area contributed by atoms with E-state index in [0.29, 0.717) is 53.2 Å². The van der Waals surface area contributed by atoms with Crippen molar-refractivity contribution in [1.29, 1.82) is 0 Å². The Balaban J connectivity index is 1.28. The lowest BCUT2D eigenvalue weighted by Crippen LogP contribution is -2.40. The molecule has 156 valence electrons. The molecule has 2 aliphatic rings. The fourth-order valence-electron chi connectivity index (χ4n) is 3.47. The number of ether oxygens (including phenoxy) is 2. The van der Waals surface area contributed by atoms with Gasteiger partial charge in [0.25, 0.3) is 0 Å². The van der Waals surface area contributed by atoms with Crippen molar-refractivity contribution in [2.24, 2.45) is 5.92 Å². The zero-order valence-corrected chi connectivity index (χ0v) is 17.6. The lowest BCUT2D eigenvalue weighted by atomic mass is 9.95. The van der Waals surface area contributed by atoms with Gasteiger partial charge in [-0.2, -0.15) is 0 Å². The van der Waals surface area contributed by atoms with Crippen molar-refractivity contribution in [2.75, 3.05) is 25.2 Å². The monoisotopic (exact) mass is 446 g/mol. The third kappa shape index (κ3) is 4.71. The van der Waals surface area contributed by atoms with Crippen molar-refractivity contribution in [2.45, 2.75) is 12.8 Å². The average Bonchev–Trinajstić information content (AvgIpc) is 3.22. The number of anilines is 1. The highest BCUT2D eigenvalue weighted by molar-refractivity contribution is 6.42. The van der Waals surface area contributed by atoms with Crippen molar-refractivity contribution in [3.05, 3.63) is 58.1 Å². The van der Waals surface area contributed by atoms with Gasteiger partial charge in [-0.15, -0.1) is 0 Å². The first-order chi connectivity index (χ1) is 14.5. The van der Waals surface area contributed by atoms with Crippen LogP contribution in [0.15, 0.2) is 42.5 Å². The highest BCUT2D eigenvalue weighted by atomic mass is 35.5. The number of nitrogens with zero attached hydrogens (tertiary/aromatic N) is 1. The number of benzene rings is 2. The van der Waals surface area contributed by atoms with E-state index in [4.69, 9.17) is 32.7 Å². The molecule has 6 nitrogen and oxygen atoms in total. The molecule has 0 aromatic heterocycles. The molecule has 0 radical (unpaired) electrons. The summed E-state index contributed by atoms with van der Waals surface area (Å²) in [6, 6.07) is 10.5. The first-order valence-corrected chi connectivity index (χ1v) is 10.4. The summed E-state index contributed by atoms with van der Waals surface area (Å²) in [7, 11) is 0. The molecule has 2 heterocycles. The van der Waals surface area contributed by atoms with E-state index in [-0.39, 0.29) is 24.5 Å². The number of amides is 2. The van der Waals surface area contributed by atoms with Crippen LogP contribution in [-0.2, 0) is 9.59 Å². The molecule has 2 aromatic carbocycles. The number of halogens is 2. The summed E-state index contributed by atoms with van der Waals surface area (Å²) in [5, 5.41) is 3.85. The molecule has 0 aliphatic carbocycles. The normalized spacial score (nSPS) is 16.1. The van der Waals surface area contributed by atoms with Gasteiger partial charge in [-0.05, 0) is 48.7 Å². The maximum Gasteiger partial charge on any atom is 0.246 e. The number of rotatable bonds is 4. The van der Waals surface area contributed by atoms with E-state index in [1.165, 1.54) is 6.08 Å². The van der Waals surface area contributed by atoms with E-state index in [1.807, 2.05) is 0 Å². The minimum Gasteiger partial charge on any atom is -0.454 e. The minimum atomic E-state index is -0.140. The van der Waals surface area contributed by atoms with Crippen molar-refractivity contribution in [3.63, 3.8) is 0 Å². The molecule has 0 bridgehead atoms. The number of fused-ring (bicyclic) bond motifs is 1. The van der Waals surface area contributed by atoms with Gasteiger partial charge in [-0.3, -0.25) is 9.59 Å². The summed E-state index contributed by atoms with van der Waals surface area (Å²) in [4.78, 5) is 26.8. The van der Waals surface area contributed by atoms with Gasteiger partial charge in [0.15, 0.2) is 11.5 Å². The van der Waals surface area contributed by atoms with Gasteiger partial charge in [0.05, 0.1) is 10.0 Å². The fraction of sp³-hybridized carbons (Fsp3) is 0.273. The predicted molar refractivity (Wildman–Crippen MR) is 116 cm³/mol. The number of piperidine rings is 1. The molecule has 30 heavy (non-hydrogen) atoms. The molecular formula is C22H20Cl2N2O4. The molecule has 0 atom stereocenters. The maximum atomic E-state index is 12.6. The van der Waals surface area contributed by atoms with Crippen LogP contribution in [0, 0.1) is 5.92 Å². The largest absolute Gasteiger partial charge is 0.454 e. The number of hydrogen-bond donors (Lipinski definition) is 1. The number of likely N-dealkylation sites (tertiary alicyclic amines) is 1.